The number of thioether (sulfide) groups is 1. The zero-order valence-electron chi connectivity index (χ0n) is 11.4. The molecule has 1 aliphatic carbocycles. The van der Waals surface area contributed by atoms with Gasteiger partial charge < -0.3 is 9.84 Å². The zero-order valence-corrected chi connectivity index (χ0v) is 12.3. The van der Waals surface area contributed by atoms with E-state index in [1.54, 1.807) is 18.3 Å². The lowest BCUT2D eigenvalue weighted by atomic mass is 9.98. The van der Waals surface area contributed by atoms with E-state index < -0.39 is 23.8 Å². The largest absolute Gasteiger partial charge is 0.481 e. The summed E-state index contributed by atoms with van der Waals surface area (Å²) in [5.41, 5.74) is 0.322. The van der Waals surface area contributed by atoms with Gasteiger partial charge in [-0.2, -0.15) is 0 Å². The summed E-state index contributed by atoms with van der Waals surface area (Å²) in [5.74, 6) is -2.35. The van der Waals surface area contributed by atoms with Crippen molar-refractivity contribution < 1.29 is 24.2 Å². The van der Waals surface area contributed by atoms with Crippen LogP contribution in [0.3, 0.4) is 0 Å². The normalized spacial score (nSPS) is 21.3. The van der Waals surface area contributed by atoms with E-state index in [4.69, 9.17) is 5.11 Å². The van der Waals surface area contributed by atoms with Crippen LogP contribution in [0.1, 0.15) is 23.2 Å². The summed E-state index contributed by atoms with van der Waals surface area (Å²) < 4.78 is 4.68. The smallest absolute Gasteiger partial charge is 0.340 e. The van der Waals surface area contributed by atoms with E-state index in [2.05, 4.69) is 9.72 Å². The highest BCUT2D eigenvalue weighted by Gasteiger charge is 2.39. The molecule has 1 heterocycles. The molecule has 6 nitrogen and oxygen atoms in total. The van der Waals surface area contributed by atoms with Gasteiger partial charge in [-0.05, 0) is 18.6 Å². The first-order valence-corrected chi connectivity index (χ1v) is 7.44. The SMILES string of the molecule is COC(=O)c1cccnc1SC[C@@H]1C(=O)CC[C@H]1C(=O)O. The van der Waals surface area contributed by atoms with Crippen molar-refractivity contribution in [1.29, 1.82) is 0 Å². The van der Waals surface area contributed by atoms with Crippen LogP contribution < -0.4 is 0 Å². The van der Waals surface area contributed by atoms with Crippen molar-refractivity contribution in [1.82, 2.24) is 4.98 Å². The Morgan fingerprint density at radius 2 is 2.29 bits per heavy atom. The van der Waals surface area contributed by atoms with Gasteiger partial charge >= 0.3 is 11.9 Å². The molecule has 21 heavy (non-hydrogen) atoms. The number of carbonyl (C=O) groups is 3. The average molecular weight is 309 g/mol. The molecule has 0 amide bonds. The van der Waals surface area contributed by atoms with Crippen LogP contribution in [-0.4, -0.2) is 40.7 Å². The number of carboxylic acids is 1. The Morgan fingerprint density at radius 1 is 1.52 bits per heavy atom. The Morgan fingerprint density at radius 3 is 2.95 bits per heavy atom. The first kappa shape index (κ1) is 15.5. The van der Waals surface area contributed by atoms with E-state index in [0.29, 0.717) is 29.2 Å². The molecule has 0 aliphatic heterocycles. The number of methoxy groups -OCH3 is 1. The molecule has 112 valence electrons. The maximum atomic E-state index is 11.8. The summed E-state index contributed by atoms with van der Waals surface area (Å²) in [6, 6.07) is 3.21. The number of rotatable bonds is 5. The number of aromatic nitrogens is 1. The molecule has 2 rings (SSSR count). The number of pyridine rings is 1. The van der Waals surface area contributed by atoms with E-state index in [-0.39, 0.29) is 5.78 Å². The molecular formula is C14H15NO5S. The van der Waals surface area contributed by atoms with Crippen molar-refractivity contribution in [3.8, 4) is 0 Å². The van der Waals surface area contributed by atoms with Gasteiger partial charge in [-0.1, -0.05) is 0 Å². The molecule has 2 atom stereocenters. The standard InChI is InChI=1S/C14H15NO5S/c1-20-14(19)9-3-2-6-15-12(9)21-7-10-8(13(17)18)4-5-11(10)16/h2-3,6,8,10H,4-5,7H2,1H3,(H,17,18)/t8-,10+/m1/s1. The fourth-order valence-electron chi connectivity index (χ4n) is 2.35. The summed E-state index contributed by atoms with van der Waals surface area (Å²) >= 11 is 1.22. The third-order valence-corrected chi connectivity index (χ3v) is 4.62. The summed E-state index contributed by atoms with van der Waals surface area (Å²) in [6.45, 7) is 0. The van der Waals surface area contributed by atoms with Gasteiger partial charge in [-0.25, -0.2) is 9.78 Å². The van der Waals surface area contributed by atoms with Gasteiger partial charge in [0.15, 0.2) is 0 Å². The topological polar surface area (TPSA) is 93.6 Å². The maximum absolute atomic E-state index is 11.8. The zero-order chi connectivity index (χ0) is 15.4. The Labute approximate surface area is 125 Å². The highest BCUT2D eigenvalue weighted by Crippen LogP contribution is 2.34. The molecule has 0 spiro atoms. The average Bonchev–Trinajstić information content (AvgIpc) is 2.86. The number of ether oxygens (including phenoxy) is 1. The minimum Gasteiger partial charge on any atom is -0.481 e. The van der Waals surface area contributed by atoms with Crippen LogP contribution in [0.4, 0.5) is 0 Å². The van der Waals surface area contributed by atoms with Crippen molar-refractivity contribution in [2.24, 2.45) is 11.8 Å². The van der Waals surface area contributed by atoms with Crippen molar-refractivity contribution in [2.45, 2.75) is 17.9 Å². The van der Waals surface area contributed by atoms with Crippen LogP contribution >= 0.6 is 11.8 Å². The fourth-order valence-corrected chi connectivity index (χ4v) is 3.55. The second kappa shape index (κ2) is 6.71. The number of ketones is 1. The van der Waals surface area contributed by atoms with Gasteiger partial charge in [0, 0.05) is 24.3 Å². The van der Waals surface area contributed by atoms with E-state index in [0.717, 1.165) is 0 Å². The minimum atomic E-state index is -0.944. The summed E-state index contributed by atoms with van der Waals surface area (Å²) in [4.78, 5) is 38.7. The first-order valence-electron chi connectivity index (χ1n) is 6.46. The lowest BCUT2D eigenvalue weighted by Gasteiger charge is -2.14. The molecule has 1 N–H and O–H groups in total. The molecular weight excluding hydrogens is 294 g/mol. The predicted octanol–water partition coefficient (Wildman–Crippen LogP) is 1.64. The molecule has 0 saturated heterocycles. The van der Waals surface area contributed by atoms with E-state index in [9.17, 15) is 14.4 Å². The van der Waals surface area contributed by atoms with E-state index in [1.807, 2.05) is 0 Å². The second-order valence-corrected chi connectivity index (χ2v) is 5.72. The van der Waals surface area contributed by atoms with Gasteiger partial charge in [0.2, 0.25) is 0 Å². The third-order valence-electron chi connectivity index (χ3n) is 3.49. The Hall–Kier alpha value is -1.89. The molecule has 0 aromatic carbocycles. The maximum Gasteiger partial charge on any atom is 0.340 e. The summed E-state index contributed by atoms with van der Waals surface area (Å²) in [7, 11) is 1.28. The van der Waals surface area contributed by atoms with Crippen LogP contribution in [0.25, 0.3) is 0 Å². The Bertz CT molecular complexity index is 574. The van der Waals surface area contributed by atoms with Crippen molar-refractivity contribution >= 4 is 29.5 Å². The number of esters is 1. The molecule has 1 aromatic heterocycles. The molecule has 1 aromatic rings. The highest BCUT2D eigenvalue weighted by atomic mass is 32.2. The van der Waals surface area contributed by atoms with Crippen molar-refractivity contribution in [3.05, 3.63) is 23.9 Å². The number of hydrogen-bond acceptors (Lipinski definition) is 6. The van der Waals surface area contributed by atoms with Crippen molar-refractivity contribution in [2.75, 3.05) is 12.9 Å². The van der Waals surface area contributed by atoms with Gasteiger partial charge in [0.05, 0.1) is 18.6 Å². The number of hydrogen-bond donors (Lipinski definition) is 1. The second-order valence-electron chi connectivity index (χ2n) is 4.71. The fraction of sp³-hybridized carbons (Fsp3) is 0.429. The lowest BCUT2D eigenvalue weighted by molar-refractivity contribution is -0.143. The van der Waals surface area contributed by atoms with Crippen LogP contribution in [0, 0.1) is 11.8 Å². The van der Waals surface area contributed by atoms with E-state index >= 15 is 0 Å². The molecule has 1 saturated carbocycles. The molecule has 7 heteroatoms. The summed E-state index contributed by atoms with van der Waals surface area (Å²) in [6.07, 6.45) is 2.22. The van der Waals surface area contributed by atoms with Crippen LogP contribution in [-0.2, 0) is 14.3 Å². The van der Waals surface area contributed by atoms with Gasteiger partial charge in [0.1, 0.15) is 10.8 Å². The minimum absolute atomic E-state index is 0.0366. The molecule has 1 fully saturated rings. The van der Waals surface area contributed by atoms with Gasteiger partial charge in [0.25, 0.3) is 0 Å². The number of carbonyl (C=O) groups excluding carboxylic acids is 2. The number of aliphatic carboxylic acids is 1. The van der Waals surface area contributed by atoms with Gasteiger partial charge in [-0.3, -0.25) is 9.59 Å². The number of carboxylic acid groups (broad SMARTS) is 1. The molecule has 0 radical (unpaired) electrons. The first-order chi connectivity index (χ1) is 10.0. The summed E-state index contributed by atoms with van der Waals surface area (Å²) in [5, 5.41) is 9.58. The predicted molar refractivity (Wildman–Crippen MR) is 75.2 cm³/mol. The highest BCUT2D eigenvalue weighted by molar-refractivity contribution is 7.99. The van der Waals surface area contributed by atoms with E-state index in [1.165, 1.54) is 18.9 Å². The third kappa shape index (κ3) is 3.41. The van der Waals surface area contributed by atoms with Gasteiger partial charge in [-0.15, -0.1) is 11.8 Å². The lowest BCUT2D eigenvalue weighted by Crippen LogP contribution is -2.24. The molecule has 0 bridgehead atoms. The number of Topliss-reactive ketones (excluding diaryl/α,β-unsaturated/α-hetero) is 1. The number of nitrogens with zero attached hydrogens (tertiary/aromatic N) is 1. The van der Waals surface area contributed by atoms with Crippen LogP contribution in [0.15, 0.2) is 23.4 Å². The molecule has 1 aliphatic rings. The monoisotopic (exact) mass is 309 g/mol. The Balaban J connectivity index is 2.11. The Kier molecular flexibility index (Phi) is 4.95. The quantitative estimate of drug-likeness (QED) is 0.652. The van der Waals surface area contributed by atoms with Crippen LogP contribution in [0.2, 0.25) is 0 Å². The molecule has 0 unspecified atom stereocenters. The van der Waals surface area contributed by atoms with Crippen LogP contribution in [0.5, 0.6) is 0 Å². The van der Waals surface area contributed by atoms with Crippen molar-refractivity contribution in [3.63, 3.8) is 0 Å².